The van der Waals surface area contributed by atoms with Gasteiger partial charge in [0, 0.05) is 17.1 Å². The van der Waals surface area contributed by atoms with Crippen molar-refractivity contribution in [3.8, 4) is 22.3 Å². The van der Waals surface area contributed by atoms with E-state index in [1.807, 2.05) is 12.3 Å². The van der Waals surface area contributed by atoms with Crippen molar-refractivity contribution in [1.82, 2.24) is 4.98 Å². The summed E-state index contributed by atoms with van der Waals surface area (Å²) in [4.78, 5) is 4.63. The Bertz CT molecular complexity index is 1810. The highest BCUT2D eigenvalue weighted by molar-refractivity contribution is 6.25. The highest BCUT2D eigenvalue weighted by Gasteiger charge is 2.10. The molecule has 0 aliphatic rings. The van der Waals surface area contributed by atoms with Crippen molar-refractivity contribution >= 4 is 43.2 Å². The van der Waals surface area contributed by atoms with Crippen LogP contribution in [0.5, 0.6) is 0 Å². The average molecular weight is 432 g/mol. The van der Waals surface area contributed by atoms with Gasteiger partial charge in [0.2, 0.25) is 0 Å². The van der Waals surface area contributed by atoms with E-state index in [1.165, 1.54) is 54.6 Å². The van der Waals surface area contributed by atoms with Gasteiger partial charge in [-0.1, -0.05) is 109 Å². The van der Waals surface area contributed by atoms with Gasteiger partial charge in [-0.25, -0.2) is 0 Å². The standard InChI is InChI=1S/C33H21N/c1-2-11-29-27(9-1)28-10-3-4-12-30(28)32-21-25(18-19-31(29)32)22-14-16-23(17-15-22)26-13-5-7-24-8-6-20-34-33(24)26/h1-21H. The molecule has 0 bridgehead atoms. The molecule has 0 atom stereocenters. The summed E-state index contributed by atoms with van der Waals surface area (Å²) in [5.74, 6) is 0. The second-order valence-corrected chi connectivity index (χ2v) is 8.81. The Morgan fingerprint density at radius 1 is 0.382 bits per heavy atom. The van der Waals surface area contributed by atoms with E-state index in [0.29, 0.717) is 0 Å². The molecule has 34 heavy (non-hydrogen) atoms. The van der Waals surface area contributed by atoms with Crippen molar-refractivity contribution < 1.29 is 0 Å². The molecule has 0 saturated heterocycles. The van der Waals surface area contributed by atoms with Gasteiger partial charge in [-0.05, 0) is 61.1 Å². The smallest absolute Gasteiger partial charge is 0.0780 e. The molecule has 0 unspecified atom stereocenters. The zero-order valence-corrected chi connectivity index (χ0v) is 18.6. The summed E-state index contributed by atoms with van der Waals surface area (Å²) in [5.41, 5.74) is 5.85. The van der Waals surface area contributed by atoms with Gasteiger partial charge in [-0.15, -0.1) is 0 Å². The third-order valence-corrected chi connectivity index (χ3v) is 6.91. The lowest BCUT2D eigenvalue weighted by Crippen LogP contribution is -1.86. The van der Waals surface area contributed by atoms with Crippen LogP contribution in [-0.4, -0.2) is 4.98 Å². The summed E-state index contributed by atoms with van der Waals surface area (Å²) < 4.78 is 0. The van der Waals surface area contributed by atoms with Crippen molar-refractivity contribution in [2.24, 2.45) is 0 Å². The third-order valence-electron chi connectivity index (χ3n) is 6.91. The molecule has 0 fully saturated rings. The quantitative estimate of drug-likeness (QED) is 0.249. The second-order valence-electron chi connectivity index (χ2n) is 8.81. The molecule has 0 N–H and O–H groups in total. The lowest BCUT2D eigenvalue weighted by molar-refractivity contribution is 1.41. The fourth-order valence-electron chi connectivity index (χ4n) is 5.27. The number of benzene rings is 6. The maximum absolute atomic E-state index is 4.63. The van der Waals surface area contributed by atoms with E-state index in [-0.39, 0.29) is 0 Å². The van der Waals surface area contributed by atoms with Crippen LogP contribution in [0.2, 0.25) is 0 Å². The molecule has 158 valence electrons. The minimum Gasteiger partial charge on any atom is -0.256 e. The normalized spacial score (nSPS) is 11.5. The first-order valence-corrected chi connectivity index (χ1v) is 11.6. The number of aromatic nitrogens is 1. The Morgan fingerprint density at radius 2 is 0.941 bits per heavy atom. The lowest BCUT2D eigenvalue weighted by atomic mass is 9.91. The fourth-order valence-corrected chi connectivity index (χ4v) is 5.27. The molecule has 1 nitrogen and oxygen atoms in total. The van der Waals surface area contributed by atoms with Crippen LogP contribution in [0.4, 0.5) is 0 Å². The molecule has 0 radical (unpaired) electrons. The molecule has 0 aliphatic heterocycles. The van der Waals surface area contributed by atoms with E-state index < -0.39 is 0 Å². The molecule has 7 rings (SSSR count). The summed E-state index contributed by atoms with van der Waals surface area (Å²) in [6.07, 6.45) is 1.86. The van der Waals surface area contributed by atoms with Crippen molar-refractivity contribution in [3.05, 3.63) is 128 Å². The van der Waals surface area contributed by atoms with Crippen molar-refractivity contribution in [1.29, 1.82) is 0 Å². The molecule has 1 aromatic heterocycles. The second kappa shape index (κ2) is 7.54. The maximum Gasteiger partial charge on any atom is 0.0780 e. The highest BCUT2D eigenvalue weighted by atomic mass is 14.6. The molecule has 0 aliphatic carbocycles. The first kappa shape index (κ1) is 19.0. The van der Waals surface area contributed by atoms with Gasteiger partial charge in [0.15, 0.2) is 0 Å². The molecule has 7 aromatic rings. The van der Waals surface area contributed by atoms with Gasteiger partial charge in [0.05, 0.1) is 5.52 Å². The number of para-hydroxylation sites is 1. The Labute approximate surface area is 197 Å². The van der Waals surface area contributed by atoms with Gasteiger partial charge >= 0.3 is 0 Å². The average Bonchev–Trinajstić information content (AvgIpc) is 2.93. The first-order valence-electron chi connectivity index (χ1n) is 11.6. The number of hydrogen-bond acceptors (Lipinski definition) is 1. The maximum atomic E-state index is 4.63. The monoisotopic (exact) mass is 431 g/mol. The lowest BCUT2D eigenvalue weighted by Gasteiger charge is -2.12. The topological polar surface area (TPSA) is 12.9 Å². The number of rotatable bonds is 2. The largest absolute Gasteiger partial charge is 0.256 e. The van der Waals surface area contributed by atoms with E-state index >= 15 is 0 Å². The predicted molar refractivity (Wildman–Crippen MR) is 145 cm³/mol. The first-order chi connectivity index (χ1) is 16.9. The van der Waals surface area contributed by atoms with Gasteiger partial charge < -0.3 is 0 Å². The van der Waals surface area contributed by atoms with Gasteiger partial charge in [0.1, 0.15) is 0 Å². The molecule has 6 aromatic carbocycles. The van der Waals surface area contributed by atoms with E-state index in [2.05, 4.69) is 120 Å². The van der Waals surface area contributed by atoms with Crippen LogP contribution < -0.4 is 0 Å². The number of hydrogen-bond donors (Lipinski definition) is 0. The van der Waals surface area contributed by atoms with Crippen LogP contribution in [0.25, 0.3) is 65.5 Å². The molecule has 0 amide bonds. The van der Waals surface area contributed by atoms with Crippen molar-refractivity contribution in [2.45, 2.75) is 0 Å². The summed E-state index contributed by atoms with van der Waals surface area (Å²) in [7, 11) is 0. The Kier molecular flexibility index (Phi) is 4.22. The minimum absolute atomic E-state index is 1.04. The third kappa shape index (κ3) is 2.91. The Morgan fingerprint density at radius 3 is 1.65 bits per heavy atom. The number of fused-ring (bicyclic) bond motifs is 7. The van der Waals surface area contributed by atoms with Crippen molar-refractivity contribution in [3.63, 3.8) is 0 Å². The number of pyridine rings is 1. The van der Waals surface area contributed by atoms with Crippen LogP contribution in [0.1, 0.15) is 0 Å². The summed E-state index contributed by atoms with van der Waals surface area (Å²) in [6.45, 7) is 0. The SMILES string of the molecule is c1cnc2c(-c3ccc(-c4ccc5c6ccccc6c6ccccc6c5c4)cc3)cccc2c1. The molecule has 1 heterocycles. The minimum atomic E-state index is 1.04. The fraction of sp³-hybridized carbons (Fsp3) is 0. The zero-order chi connectivity index (χ0) is 22.5. The number of nitrogens with zero attached hydrogens (tertiary/aromatic N) is 1. The predicted octanol–water partition coefficient (Wildman–Crippen LogP) is 9.03. The van der Waals surface area contributed by atoms with Crippen LogP contribution in [0.15, 0.2) is 128 Å². The summed E-state index contributed by atoms with van der Waals surface area (Å²) >= 11 is 0. The molecule has 0 spiro atoms. The van der Waals surface area contributed by atoms with Gasteiger partial charge in [-0.3, -0.25) is 4.98 Å². The van der Waals surface area contributed by atoms with E-state index in [4.69, 9.17) is 0 Å². The van der Waals surface area contributed by atoms with E-state index in [0.717, 1.165) is 10.9 Å². The van der Waals surface area contributed by atoms with E-state index in [1.54, 1.807) is 0 Å². The summed E-state index contributed by atoms with van der Waals surface area (Å²) in [6, 6.07) is 43.7. The highest BCUT2D eigenvalue weighted by Crippen LogP contribution is 2.37. The molecular formula is C33H21N. The van der Waals surface area contributed by atoms with Crippen LogP contribution in [0.3, 0.4) is 0 Å². The van der Waals surface area contributed by atoms with Crippen molar-refractivity contribution in [2.75, 3.05) is 0 Å². The van der Waals surface area contributed by atoms with Gasteiger partial charge in [-0.2, -0.15) is 0 Å². The Hall–Kier alpha value is -4.49. The molecule has 1 heteroatoms. The van der Waals surface area contributed by atoms with E-state index in [9.17, 15) is 0 Å². The summed E-state index contributed by atoms with van der Waals surface area (Å²) in [5, 5.41) is 8.99. The van der Waals surface area contributed by atoms with Gasteiger partial charge in [0.25, 0.3) is 0 Å². The van der Waals surface area contributed by atoms with Crippen LogP contribution in [-0.2, 0) is 0 Å². The Balaban J connectivity index is 1.39. The zero-order valence-electron chi connectivity index (χ0n) is 18.6. The van der Waals surface area contributed by atoms with Crippen LogP contribution in [0, 0.1) is 0 Å². The molecular weight excluding hydrogens is 410 g/mol. The van der Waals surface area contributed by atoms with Crippen LogP contribution >= 0.6 is 0 Å². The molecule has 0 saturated carbocycles.